The van der Waals surface area contributed by atoms with Crippen molar-refractivity contribution in [2.75, 3.05) is 0 Å². The summed E-state index contributed by atoms with van der Waals surface area (Å²) in [5.74, 6) is 0.937. The number of benzene rings is 1. The van der Waals surface area contributed by atoms with Gasteiger partial charge in [0.25, 0.3) is 0 Å². The fraction of sp³-hybridized carbons (Fsp3) is 0.231. The topological polar surface area (TPSA) is 72.0 Å². The van der Waals surface area contributed by atoms with Crippen LogP contribution < -0.4 is 10.5 Å². The molecule has 5 heteroatoms. The van der Waals surface area contributed by atoms with Crippen LogP contribution in [0.2, 0.25) is 0 Å². The van der Waals surface area contributed by atoms with E-state index in [1.54, 1.807) is 6.20 Å². The lowest BCUT2D eigenvalue weighted by atomic mass is 10.1. The van der Waals surface area contributed by atoms with Crippen molar-refractivity contribution in [1.29, 1.82) is 5.41 Å². The zero-order valence-electron chi connectivity index (χ0n) is 10.1. The van der Waals surface area contributed by atoms with Crippen LogP contribution in [0, 0.1) is 5.41 Å². The number of hydrogen-bond acceptors (Lipinski definition) is 4. The Hall–Kier alpha value is -1.88. The Labute approximate surface area is 110 Å². The molecule has 1 aromatic heterocycles. The molecule has 1 aromatic carbocycles. The van der Waals surface area contributed by atoms with Gasteiger partial charge < -0.3 is 10.5 Å². The van der Waals surface area contributed by atoms with Gasteiger partial charge in [-0.1, -0.05) is 25.1 Å². The number of aryl methyl sites for hydroxylation is 1. The average molecular weight is 261 g/mol. The average Bonchev–Trinajstić information content (AvgIpc) is 2.85. The number of nitrogens with zero attached hydrogens (tertiary/aromatic N) is 1. The Balaban J connectivity index is 2.04. The third-order valence-corrected chi connectivity index (χ3v) is 3.53. The van der Waals surface area contributed by atoms with Gasteiger partial charge in [0, 0.05) is 6.20 Å². The Morgan fingerprint density at radius 3 is 2.89 bits per heavy atom. The second-order valence-electron chi connectivity index (χ2n) is 3.78. The van der Waals surface area contributed by atoms with E-state index in [1.807, 2.05) is 18.2 Å². The van der Waals surface area contributed by atoms with Crippen LogP contribution >= 0.6 is 11.3 Å². The van der Waals surface area contributed by atoms with E-state index in [0.29, 0.717) is 11.5 Å². The predicted molar refractivity (Wildman–Crippen MR) is 73.3 cm³/mol. The molecule has 0 radical (unpaired) electrons. The van der Waals surface area contributed by atoms with E-state index < -0.39 is 0 Å². The first kappa shape index (κ1) is 12.6. The van der Waals surface area contributed by atoms with Crippen molar-refractivity contribution in [3.05, 3.63) is 45.9 Å². The van der Waals surface area contributed by atoms with E-state index in [9.17, 15) is 0 Å². The zero-order valence-corrected chi connectivity index (χ0v) is 11.0. The highest BCUT2D eigenvalue weighted by Crippen LogP contribution is 2.21. The molecule has 0 aliphatic carbocycles. The van der Waals surface area contributed by atoms with Crippen molar-refractivity contribution in [1.82, 2.24) is 4.98 Å². The highest BCUT2D eigenvalue weighted by atomic mass is 32.1. The lowest BCUT2D eigenvalue weighted by Crippen LogP contribution is -2.08. The van der Waals surface area contributed by atoms with Crippen molar-refractivity contribution in [2.24, 2.45) is 5.73 Å². The van der Waals surface area contributed by atoms with Gasteiger partial charge in [-0.25, -0.2) is 4.98 Å². The molecule has 3 N–H and O–H groups in total. The Morgan fingerprint density at radius 2 is 2.22 bits per heavy atom. The summed E-state index contributed by atoms with van der Waals surface area (Å²) in [7, 11) is 0. The zero-order chi connectivity index (χ0) is 13.0. The van der Waals surface area contributed by atoms with Gasteiger partial charge in [-0.15, -0.1) is 11.3 Å². The Kier molecular flexibility index (Phi) is 3.94. The number of amidine groups is 1. The number of nitrogens with one attached hydrogen (secondary N) is 1. The van der Waals surface area contributed by atoms with Crippen LogP contribution in [0.4, 0.5) is 0 Å². The number of thiazole rings is 1. The molecule has 0 bridgehead atoms. The first-order chi connectivity index (χ1) is 8.70. The monoisotopic (exact) mass is 261 g/mol. The lowest BCUT2D eigenvalue weighted by molar-refractivity contribution is 0.302. The van der Waals surface area contributed by atoms with Gasteiger partial charge in [0.2, 0.25) is 0 Å². The van der Waals surface area contributed by atoms with Crippen molar-refractivity contribution >= 4 is 17.2 Å². The molecular formula is C13H15N3OS. The fourth-order valence-electron chi connectivity index (χ4n) is 1.58. The Morgan fingerprint density at radius 1 is 1.44 bits per heavy atom. The molecule has 4 nitrogen and oxygen atoms in total. The molecule has 0 fully saturated rings. The summed E-state index contributed by atoms with van der Waals surface area (Å²) >= 11 is 1.39. The maximum Gasteiger partial charge on any atom is 0.140 e. The second kappa shape index (κ2) is 5.64. The number of hydrogen-bond donors (Lipinski definition) is 2. The second-order valence-corrected chi connectivity index (χ2v) is 4.90. The fourth-order valence-corrected chi connectivity index (χ4v) is 2.27. The smallest absolute Gasteiger partial charge is 0.140 e. The Bertz CT molecular complexity index is 551. The molecule has 0 unspecified atom stereocenters. The third-order valence-electron chi connectivity index (χ3n) is 2.52. The molecule has 0 saturated heterocycles. The molecule has 0 aliphatic rings. The first-order valence-corrected chi connectivity index (χ1v) is 6.52. The van der Waals surface area contributed by atoms with Crippen LogP contribution in [-0.2, 0) is 13.0 Å². The first-order valence-electron chi connectivity index (χ1n) is 5.70. The van der Waals surface area contributed by atoms with Gasteiger partial charge in [-0.05, 0) is 18.1 Å². The summed E-state index contributed by atoms with van der Waals surface area (Å²) in [5, 5.41) is 8.14. The minimum Gasteiger partial charge on any atom is -0.486 e. The van der Waals surface area contributed by atoms with E-state index in [2.05, 4.69) is 18.0 Å². The van der Waals surface area contributed by atoms with E-state index >= 15 is 0 Å². The lowest BCUT2D eigenvalue weighted by Gasteiger charge is -2.08. The van der Waals surface area contributed by atoms with E-state index in [1.165, 1.54) is 16.9 Å². The molecule has 2 rings (SSSR count). The number of nitrogens with two attached hydrogens (primary N) is 1. The maximum absolute atomic E-state index is 7.32. The molecule has 0 atom stereocenters. The summed E-state index contributed by atoms with van der Waals surface area (Å²) < 4.78 is 5.74. The molecule has 18 heavy (non-hydrogen) atoms. The van der Waals surface area contributed by atoms with Crippen molar-refractivity contribution in [3.8, 4) is 5.75 Å². The minimum absolute atomic E-state index is 0.0488. The van der Waals surface area contributed by atoms with Crippen molar-refractivity contribution in [2.45, 2.75) is 20.0 Å². The van der Waals surface area contributed by atoms with Crippen molar-refractivity contribution in [3.63, 3.8) is 0 Å². The van der Waals surface area contributed by atoms with Gasteiger partial charge in [0.05, 0.1) is 4.88 Å². The molecule has 2 aromatic rings. The normalized spacial score (nSPS) is 10.3. The number of aromatic nitrogens is 1. The van der Waals surface area contributed by atoms with Gasteiger partial charge >= 0.3 is 0 Å². The van der Waals surface area contributed by atoms with Gasteiger partial charge in [-0.2, -0.15) is 0 Å². The molecule has 0 spiro atoms. The van der Waals surface area contributed by atoms with Crippen molar-refractivity contribution < 1.29 is 4.74 Å². The van der Waals surface area contributed by atoms with Crippen LogP contribution in [0.15, 0.2) is 30.5 Å². The number of nitrogen functional groups attached to an aromatic ring is 1. The quantitative estimate of drug-likeness (QED) is 0.642. The molecule has 0 saturated carbocycles. The van der Waals surface area contributed by atoms with Gasteiger partial charge in [0.15, 0.2) is 0 Å². The highest BCUT2D eigenvalue weighted by molar-refractivity contribution is 7.13. The third kappa shape index (κ3) is 2.87. The summed E-state index contributed by atoms with van der Waals surface area (Å²) in [6.45, 7) is 2.51. The predicted octanol–water partition coefficient (Wildman–Crippen LogP) is 2.57. The van der Waals surface area contributed by atoms with Crippen LogP contribution in [0.25, 0.3) is 0 Å². The SMILES string of the molecule is CCc1ccccc1OCc1ncc(C(=N)N)s1. The summed E-state index contributed by atoms with van der Waals surface area (Å²) in [5.41, 5.74) is 6.57. The molecule has 0 aliphatic heterocycles. The highest BCUT2D eigenvalue weighted by Gasteiger charge is 2.06. The summed E-state index contributed by atoms with van der Waals surface area (Å²) in [6.07, 6.45) is 2.55. The number of rotatable bonds is 5. The number of ether oxygens (including phenoxy) is 1. The van der Waals surface area contributed by atoms with Crippen LogP contribution in [0.1, 0.15) is 22.4 Å². The minimum atomic E-state index is 0.0488. The standard InChI is InChI=1S/C13H15N3OS/c1-2-9-5-3-4-6-10(9)17-8-12-16-7-11(18-12)13(14)15/h3-7H,2,8H2,1H3,(H3,14,15). The van der Waals surface area contributed by atoms with Crippen LogP contribution in [-0.4, -0.2) is 10.8 Å². The molecule has 0 amide bonds. The number of para-hydroxylation sites is 1. The maximum atomic E-state index is 7.32. The van der Waals surface area contributed by atoms with Crippen LogP contribution in [0.5, 0.6) is 5.75 Å². The van der Waals surface area contributed by atoms with E-state index in [-0.39, 0.29) is 5.84 Å². The van der Waals surface area contributed by atoms with E-state index in [4.69, 9.17) is 15.9 Å². The summed E-state index contributed by atoms with van der Waals surface area (Å²) in [6, 6.07) is 7.97. The molecular weight excluding hydrogens is 246 g/mol. The molecule has 1 heterocycles. The van der Waals surface area contributed by atoms with E-state index in [0.717, 1.165) is 17.2 Å². The largest absolute Gasteiger partial charge is 0.486 e. The van der Waals surface area contributed by atoms with Gasteiger partial charge in [-0.3, -0.25) is 5.41 Å². The molecule has 94 valence electrons. The van der Waals surface area contributed by atoms with Crippen LogP contribution in [0.3, 0.4) is 0 Å². The summed E-state index contributed by atoms with van der Waals surface area (Å²) in [4.78, 5) is 4.86. The van der Waals surface area contributed by atoms with Gasteiger partial charge in [0.1, 0.15) is 23.2 Å².